The molecule has 102 valence electrons. The Morgan fingerprint density at radius 2 is 1.67 bits per heavy atom. The van der Waals surface area contributed by atoms with Gasteiger partial charge in [0.1, 0.15) is 11.5 Å². The Morgan fingerprint density at radius 1 is 1.06 bits per heavy atom. The summed E-state index contributed by atoms with van der Waals surface area (Å²) in [6.45, 7) is 6.48. The first-order valence-electron chi connectivity index (χ1n) is 6.43. The Kier molecular flexibility index (Phi) is 7.22. The van der Waals surface area contributed by atoms with Gasteiger partial charge in [-0.1, -0.05) is 0 Å². The molecule has 0 fully saturated rings. The first kappa shape index (κ1) is 14.8. The molecule has 1 aromatic carbocycles. The predicted molar refractivity (Wildman–Crippen MR) is 72.2 cm³/mol. The van der Waals surface area contributed by atoms with E-state index >= 15 is 0 Å². The van der Waals surface area contributed by atoms with Crippen molar-refractivity contribution in [3.8, 4) is 11.5 Å². The second-order valence-corrected chi connectivity index (χ2v) is 4.02. The van der Waals surface area contributed by atoms with Crippen molar-refractivity contribution in [1.82, 2.24) is 0 Å². The third-order valence-electron chi connectivity index (χ3n) is 2.43. The molecule has 0 aliphatic rings. The van der Waals surface area contributed by atoms with E-state index in [9.17, 15) is 0 Å². The Labute approximate surface area is 109 Å². The molecule has 0 amide bonds. The van der Waals surface area contributed by atoms with E-state index in [1.165, 1.54) is 0 Å². The highest BCUT2D eigenvalue weighted by molar-refractivity contribution is 5.31. The Hall–Kier alpha value is -1.26. The zero-order valence-corrected chi connectivity index (χ0v) is 11.2. The van der Waals surface area contributed by atoms with E-state index in [4.69, 9.17) is 19.9 Å². The highest BCUT2D eigenvalue weighted by Gasteiger charge is 1.99. The fourth-order valence-corrected chi connectivity index (χ4v) is 1.40. The van der Waals surface area contributed by atoms with Gasteiger partial charge in [0.2, 0.25) is 0 Å². The van der Waals surface area contributed by atoms with Crippen molar-refractivity contribution in [3.05, 3.63) is 24.3 Å². The highest BCUT2D eigenvalue weighted by Crippen LogP contribution is 2.17. The predicted octanol–water partition coefficient (Wildman–Crippen LogP) is 2.22. The van der Waals surface area contributed by atoms with Crippen molar-refractivity contribution >= 4 is 0 Å². The van der Waals surface area contributed by atoms with Gasteiger partial charge >= 0.3 is 0 Å². The van der Waals surface area contributed by atoms with Crippen LogP contribution >= 0.6 is 0 Å². The van der Waals surface area contributed by atoms with Crippen molar-refractivity contribution in [2.75, 3.05) is 26.4 Å². The summed E-state index contributed by atoms with van der Waals surface area (Å²) in [6.07, 6.45) is 0.979. The maximum absolute atomic E-state index is 5.59. The highest BCUT2D eigenvalue weighted by atomic mass is 16.5. The monoisotopic (exact) mass is 253 g/mol. The molecule has 0 bridgehead atoms. The van der Waals surface area contributed by atoms with Crippen LogP contribution in [-0.2, 0) is 4.74 Å². The van der Waals surface area contributed by atoms with Crippen LogP contribution in [-0.4, -0.2) is 32.5 Å². The molecule has 4 heteroatoms. The summed E-state index contributed by atoms with van der Waals surface area (Å²) in [5, 5.41) is 0. The van der Waals surface area contributed by atoms with Gasteiger partial charge in [0, 0.05) is 13.0 Å². The number of nitrogens with two attached hydrogens (primary N) is 1. The van der Waals surface area contributed by atoms with Crippen LogP contribution in [0.5, 0.6) is 11.5 Å². The summed E-state index contributed by atoms with van der Waals surface area (Å²) in [6, 6.07) is 7.64. The number of hydrogen-bond donors (Lipinski definition) is 1. The van der Waals surface area contributed by atoms with E-state index in [1.807, 2.05) is 38.1 Å². The normalized spacial score (nSPS) is 12.2. The van der Waals surface area contributed by atoms with Crippen LogP contribution in [0.15, 0.2) is 24.3 Å². The number of ether oxygens (including phenoxy) is 3. The summed E-state index contributed by atoms with van der Waals surface area (Å²) in [7, 11) is 0. The standard InChI is InChI=1S/C14H23NO3/c1-3-16-13-5-7-14(8-6-13)18-10-4-9-17-12(2)11-15/h5-8,12H,3-4,9-11,15H2,1-2H3. The Balaban J connectivity index is 2.15. The molecule has 1 unspecified atom stereocenters. The topological polar surface area (TPSA) is 53.7 Å². The Bertz CT molecular complexity index is 313. The van der Waals surface area contributed by atoms with E-state index in [-0.39, 0.29) is 6.10 Å². The van der Waals surface area contributed by atoms with Crippen LogP contribution in [0.3, 0.4) is 0 Å². The van der Waals surface area contributed by atoms with Gasteiger partial charge in [-0.3, -0.25) is 0 Å². The third kappa shape index (κ3) is 5.89. The van der Waals surface area contributed by atoms with Gasteiger partial charge in [0.25, 0.3) is 0 Å². The molecular formula is C14H23NO3. The van der Waals surface area contributed by atoms with Gasteiger partial charge in [0.05, 0.1) is 25.9 Å². The van der Waals surface area contributed by atoms with E-state index in [2.05, 4.69) is 0 Å². The molecule has 18 heavy (non-hydrogen) atoms. The second kappa shape index (κ2) is 8.78. The lowest BCUT2D eigenvalue weighted by Crippen LogP contribution is -2.21. The summed E-state index contributed by atoms with van der Waals surface area (Å²) >= 11 is 0. The van der Waals surface area contributed by atoms with Crippen LogP contribution in [0.4, 0.5) is 0 Å². The minimum atomic E-state index is 0.121. The van der Waals surface area contributed by atoms with Gasteiger partial charge in [0.15, 0.2) is 0 Å². The first-order chi connectivity index (χ1) is 8.76. The van der Waals surface area contributed by atoms with Gasteiger partial charge in [-0.25, -0.2) is 0 Å². The van der Waals surface area contributed by atoms with Crippen LogP contribution < -0.4 is 15.2 Å². The van der Waals surface area contributed by atoms with Crippen LogP contribution in [0, 0.1) is 0 Å². The smallest absolute Gasteiger partial charge is 0.119 e. The summed E-state index contributed by atoms with van der Waals surface area (Å²) in [5.74, 6) is 1.72. The average molecular weight is 253 g/mol. The summed E-state index contributed by atoms with van der Waals surface area (Å²) in [4.78, 5) is 0. The SMILES string of the molecule is CCOc1ccc(OCCCOC(C)CN)cc1. The molecule has 0 saturated heterocycles. The van der Waals surface area contributed by atoms with E-state index in [1.54, 1.807) is 0 Å². The zero-order chi connectivity index (χ0) is 13.2. The van der Waals surface area contributed by atoms with Crippen LogP contribution in [0.2, 0.25) is 0 Å². The zero-order valence-electron chi connectivity index (χ0n) is 11.2. The maximum atomic E-state index is 5.59. The fraction of sp³-hybridized carbons (Fsp3) is 0.571. The maximum Gasteiger partial charge on any atom is 0.119 e. The molecule has 0 saturated carbocycles. The molecule has 0 heterocycles. The van der Waals surface area contributed by atoms with Gasteiger partial charge < -0.3 is 19.9 Å². The molecule has 0 aliphatic carbocycles. The van der Waals surface area contributed by atoms with Crippen molar-refractivity contribution in [2.45, 2.75) is 26.4 Å². The van der Waals surface area contributed by atoms with E-state index in [0.717, 1.165) is 17.9 Å². The molecule has 1 aromatic rings. The minimum absolute atomic E-state index is 0.121. The second-order valence-electron chi connectivity index (χ2n) is 4.02. The lowest BCUT2D eigenvalue weighted by molar-refractivity contribution is 0.0631. The molecule has 1 rings (SSSR count). The van der Waals surface area contributed by atoms with Crippen molar-refractivity contribution in [1.29, 1.82) is 0 Å². The molecule has 0 radical (unpaired) electrons. The lowest BCUT2D eigenvalue weighted by Gasteiger charge is -2.11. The molecule has 2 N–H and O–H groups in total. The third-order valence-corrected chi connectivity index (χ3v) is 2.43. The van der Waals surface area contributed by atoms with E-state index < -0.39 is 0 Å². The van der Waals surface area contributed by atoms with Gasteiger partial charge in [-0.05, 0) is 38.1 Å². The van der Waals surface area contributed by atoms with Crippen molar-refractivity contribution in [3.63, 3.8) is 0 Å². The Morgan fingerprint density at radius 3 is 2.22 bits per heavy atom. The molecule has 1 atom stereocenters. The minimum Gasteiger partial charge on any atom is -0.494 e. The summed E-state index contributed by atoms with van der Waals surface area (Å²) < 4.78 is 16.4. The molecule has 0 aliphatic heterocycles. The largest absolute Gasteiger partial charge is 0.494 e. The quantitative estimate of drug-likeness (QED) is 0.686. The average Bonchev–Trinajstić information content (AvgIpc) is 2.40. The van der Waals surface area contributed by atoms with E-state index in [0.29, 0.717) is 26.4 Å². The molecule has 0 aromatic heterocycles. The molecule has 0 spiro atoms. The lowest BCUT2D eigenvalue weighted by atomic mass is 10.3. The van der Waals surface area contributed by atoms with Crippen LogP contribution in [0.25, 0.3) is 0 Å². The van der Waals surface area contributed by atoms with Crippen LogP contribution in [0.1, 0.15) is 20.3 Å². The number of rotatable bonds is 9. The fourth-order valence-electron chi connectivity index (χ4n) is 1.40. The van der Waals surface area contributed by atoms with Crippen molar-refractivity contribution < 1.29 is 14.2 Å². The van der Waals surface area contributed by atoms with Gasteiger partial charge in [-0.15, -0.1) is 0 Å². The molecule has 4 nitrogen and oxygen atoms in total. The summed E-state index contributed by atoms with van der Waals surface area (Å²) in [5.41, 5.74) is 5.45. The number of hydrogen-bond acceptors (Lipinski definition) is 4. The number of benzene rings is 1. The van der Waals surface area contributed by atoms with Gasteiger partial charge in [-0.2, -0.15) is 0 Å². The first-order valence-corrected chi connectivity index (χ1v) is 6.43. The molecular weight excluding hydrogens is 230 g/mol. The van der Waals surface area contributed by atoms with Crippen molar-refractivity contribution in [2.24, 2.45) is 5.73 Å².